The van der Waals surface area contributed by atoms with Crippen molar-refractivity contribution in [2.45, 2.75) is 129 Å². The molecule has 0 aromatic carbocycles. The van der Waals surface area contributed by atoms with Crippen molar-refractivity contribution in [3.8, 4) is 10.6 Å². The van der Waals surface area contributed by atoms with Crippen LogP contribution in [0.4, 0.5) is 0 Å². The van der Waals surface area contributed by atoms with Crippen LogP contribution >= 0.6 is 11.5 Å². The van der Waals surface area contributed by atoms with Gasteiger partial charge in [0, 0.05) is 24.1 Å². The molecule has 0 bridgehead atoms. The molecular weight excluding hydrogens is 613 g/mol. The average molecular weight is 667 g/mol. The van der Waals surface area contributed by atoms with Crippen molar-refractivity contribution >= 4 is 42.6 Å². The fraction of sp³-hybridized carbons (Fsp3) is 0.742. The lowest BCUT2D eigenvalue weighted by molar-refractivity contribution is -0.152. The van der Waals surface area contributed by atoms with Crippen molar-refractivity contribution in [1.82, 2.24) is 9.36 Å². The molecule has 0 amide bonds. The van der Waals surface area contributed by atoms with Gasteiger partial charge < -0.3 is 27.2 Å². The highest BCUT2D eigenvalue weighted by atomic mass is 32.1. The summed E-state index contributed by atoms with van der Waals surface area (Å²) in [5.74, 6) is 1.88. The van der Waals surface area contributed by atoms with E-state index < -0.39 is 25.0 Å². The zero-order chi connectivity index (χ0) is 31.7. The van der Waals surface area contributed by atoms with Crippen LogP contribution in [0.2, 0.25) is 58.9 Å². The third-order valence-corrected chi connectivity index (χ3v) is 11.5. The second kappa shape index (κ2) is 13.8. The molecule has 8 nitrogen and oxygen atoms in total. The van der Waals surface area contributed by atoms with Gasteiger partial charge in [-0.1, -0.05) is 12.5 Å². The summed E-state index contributed by atoms with van der Waals surface area (Å²) in [6.07, 6.45) is 7.46. The Morgan fingerprint density at radius 2 is 1.67 bits per heavy atom. The van der Waals surface area contributed by atoms with E-state index in [0.29, 0.717) is 18.4 Å². The van der Waals surface area contributed by atoms with E-state index in [0.717, 1.165) is 29.1 Å². The molecule has 2 aromatic heterocycles. The van der Waals surface area contributed by atoms with Crippen molar-refractivity contribution in [2.24, 2.45) is 11.8 Å². The van der Waals surface area contributed by atoms with Crippen molar-refractivity contribution in [1.29, 1.82) is 0 Å². The molecule has 12 heteroatoms. The quantitative estimate of drug-likeness (QED) is 0.148. The van der Waals surface area contributed by atoms with Crippen LogP contribution in [0.5, 0.6) is 0 Å². The summed E-state index contributed by atoms with van der Waals surface area (Å²) in [5, 5.41) is 0. The number of aromatic nitrogens is 2. The number of ether oxygens (including phenoxy) is 2. The number of hydrogen-bond donors (Lipinski definition) is 0. The maximum Gasteiger partial charge on any atom is 0.219 e. The van der Waals surface area contributed by atoms with E-state index in [9.17, 15) is 0 Å². The molecule has 2 fully saturated rings. The number of oxazole rings is 1. The van der Waals surface area contributed by atoms with E-state index in [2.05, 4.69) is 89.1 Å². The van der Waals surface area contributed by atoms with Crippen LogP contribution in [-0.2, 0) is 22.8 Å². The molecule has 2 aliphatic heterocycles. The molecule has 242 valence electrons. The molecule has 0 spiro atoms. The highest BCUT2D eigenvalue weighted by molar-refractivity contribution is 7.09. The standard InChI is InChI=1S/C31H54N2O6SSi3/c1-20(16-28-32-18-26(35-28)27-13-14-33-40-27)15-24-31(39-43(10,11)12)30(38-42(7,8)9)23(19-34-24)17-25-29(36-25)21(2)22(3)37-41(4,5)6/h13-14,16,18,21-25,29-31H,15,17,19H2,1-12H3/b20-16+/t21-,22-,23-,24-,25-,29-,30+,31-/m0/s1. The minimum atomic E-state index is -1.92. The molecule has 4 heterocycles. The normalized spacial score (nSPS) is 28.6. The van der Waals surface area contributed by atoms with Crippen molar-refractivity contribution in [3.63, 3.8) is 0 Å². The zero-order valence-corrected chi connectivity index (χ0v) is 32.1. The highest BCUT2D eigenvalue weighted by Crippen LogP contribution is 2.42. The molecule has 0 unspecified atom stereocenters. The van der Waals surface area contributed by atoms with Gasteiger partial charge in [0.2, 0.25) is 5.89 Å². The molecule has 8 atom stereocenters. The van der Waals surface area contributed by atoms with Gasteiger partial charge in [-0.2, -0.15) is 0 Å². The first-order chi connectivity index (χ1) is 19.9. The van der Waals surface area contributed by atoms with Crippen LogP contribution in [0.15, 0.2) is 28.5 Å². The van der Waals surface area contributed by atoms with Crippen molar-refractivity contribution in [3.05, 3.63) is 29.9 Å². The SMILES string of the molecule is C/C(=C\c1ncc(-c2ccns2)o1)C[C@@H]1OC[C@H](C[C@@H]2O[C@H]2[C@@H](C)[C@H](C)O[Si](C)(C)C)[C@@H](O[Si](C)(C)C)[C@H]1O[Si](C)(C)C. The molecule has 0 N–H and O–H groups in total. The maximum atomic E-state index is 6.99. The molecule has 43 heavy (non-hydrogen) atoms. The summed E-state index contributed by atoms with van der Waals surface area (Å²) in [7, 11) is -5.43. The molecule has 2 saturated heterocycles. The largest absolute Gasteiger partial charge is 0.436 e. The van der Waals surface area contributed by atoms with Gasteiger partial charge in [0.15, 0.2) is 30.7 Å². The Morgan fingerprint density at radius 1 is 1.00 bits per heavy atom. The third kappa shape index (κ3) is 10.5. The molecule has 2 aliphatic rings. The Hall–Kier alpha value is -0.969. The van der Waals surface area contributed by atoms with Gasteiger partial charge in [-0.3, -0.25) is 0 Å². The predicted octanol–water partition coefficient (Wildman–Crippen LogP) is 8.08. The first-order valence-electron chi connectivity index (χ1n) is 15.7. The van der Waals surface area contributed by atoms with Crippen LogP contribution in [0.25, 0.3) is 16.7 Å². The Kier molecular flexibility index (Phi) is 11.2. The Bertz CT molecular complexity index is 1200. The van der Waals surface area contributed by atoms with Gasteiger partial charge in [0.25, 0.3) is 0 Å². The first-order valence-corrected chi connectivity index (χ1v) is 26.7. The topological polar surface area (TPSA) is 88.4 Å². The predicted molar refractivity (Wildman–Crippen MR) is 182 cm³/mol. The minimum absolute atomic E-state index is 0.0413. The zero-order valence-electron chi connectivity index (χ0n) is 28.3. The van der Waals surface area contributed by atoms with E-state index in [4.69, 9.17) is 27.2 Å². The number of rotatable bonds is 14. The van der Waals surface area contributed by atoms with Gasteiger partial charge in [-0.15, -0.1) is 0 Å². The maximum absolute atomic E-state index is 6.99. The highest BCUT2D eigenvalue weighted by Gasteiger charge is 2.51. The van der Waals surface area contributed by atoms with E-state index >= 15 is 0 Å². The monoisotopic (exact) mass is 666 g/mol. The Balaban J connectivity index is 1.49. The third-order valence-electron chi connectivity index (χ3n) is 7.71. The number of epoxide rings is 1. The Labute approximate surface area is 266 Å². The molecule has 2 aromatic rings. The lowest BCUT2D eigenvalue weighted by Gasteiger charge is -2.47. The second-order valence-electron chi connectivity index (χ2n) is 15.3. The molecule has 0 aliphatic carbocycles. The summed E-state index contributed by atoms with van der Waals surface area (Å²) >= 11 is 1.40. The summed E-state index contributed by atoms with van der Waals surface area (Å²) in [5.41, 5.74) is 1.13. The van der Waals surface area contributed by atoms with E-state index in [-0.39, 0.29) is 42.5 Å². The van der Waals surface area contributed by atoms with Crippen LogP contribution in [0, 0.1) is 11.8 Å². The molecule has 0 radical (unpaired) electrons. The molecule has 0 saturated carbocycles. The van der Waals surface area contributed by atoms with E-state index in [1.54, 1.807) is 12.4 Å². The van der Waals surface area contributed by atoms with E-state index in [1.807, 2.05) is 12.1 Å². The lowest BCUT2D eigenvalue weighted by Crippen LogP contribution is -2.58. The Morgan fingerprint density at radius 3 is 2.28 bits per heavy atom. The van der Waals surface area contributed by atoms with Crippen LogP contribution in [0.3, 0.4) is 0 Å². The van der Waals surface area contributed by atoms with Gasteiger partial charge in [0.05, 0.1) is 48.2 Å². The average Bonchev–Trinajstić information content (AvgIpc) is 3.21. The van der Waals surface area contributed by atoms with Crippen LogP contribution in [0.1, 0.15) is 39.5 Å². The van der Waals surface area contributed by atoms with Crippen molar-refractivity contribution in [2.75, 3.05) is 6.61 Å². The van der Waals surface area contributed by atoms with Gasteiger partial charge in [0.1, 0.15) is 0 Å². The smallest absolute Gasteiger partial charge is 0.219 e. The fourth-order valence-corrected chi connectivity index (χ4v) is 9.97. The summed E-state index contributed by atoms with van der Waals surface area (Å²) in [6, 6.07) is 1.94. The van der Waals surface area contributed by atoms with Crippen LogP contribution < -0.4 is 0 Å². The molecular formula is C31H54N2O6SSi3. The number of hydrogen-bond acceptors (Lipinski definition) is 9. The minimum Gasteiger partial charge on any atom is -0.436 e. The second-order valence-corrected chi connectivity index (χ2v) is 29.5. The first kappa shape index (κ1) is 34.9. The van der Waals surface area contributed by atoms with E-state index in [1.165, 1.54) is 11.5 Å². The summed E-state index contributed by atoms with van der Waals surface area (Å²) in [4.78, 5) is 5.45. The van der Waals surface area contributed by atoms with Gasteiger partial charge in [-0.05, 0) is 109 Å². The summed E-state index contributed by atoms with van der Waals surface area (Å²) < 4.78 is 43.4. The van der Waals surface area contributed by atoms with Crippen LogP contribution in [-0.4, -0.2) is 77.5 Å². The lowest BCUT2D eigenvalue weighted by atomic mass is 9.85. The van der Waals surface area contributed by atoms with Crippen molar-refractivity contribution < 1.29 is 27.2 Å². The van der Waals surface area contributed by atoms with Gasteiger partial charge >= 0.3 is 0 Å². The summed E-state index contributed by atoms with van der Waals surface area (Å²) in [6.45, 7) is 27.5. The molecule has 4 rings (SSSR count). The van der Waals surface area contributed by atoms with Gasteiger partial charge in [-0.25, -0.2) is 9.36 Å². The fourth-order valence-electron chi connectivity index (χ4n) is 5.85. The number of nitrogens with zero attached hydrogens (tertiary/aromatic N) is 2.